The second kappa shape index (κ2) is 5.24. The van der Waals surface area contributed by atoms with Gasteiger partial charge in [-0.05, 0) is 12.8 Å². The van der Waals surface area contributed by atoms with E-state index in [1.54, 1.807) is 0 Å². The lowest BCUT2D eigenvalue weighted by molar-refractivity contribution is -0.141. The van der Waals surface area contributed by atoms with Crippen molar-refractivity contribution in [2.75, 3.05) is 13.1 Å². The van der Waals surface area contributed by atoms with Gasteiger partial charge in [-0.15, -0.1) is 0 Å². The molecule has 17 heavy (non-hydrogen) atoms. The van der Waals surface area contributed by atoms with Gasteiger partial charge in [-0.3, -0.25) is 4.79 Å². The molecule has 0 atom stereocenters. The summed E-state index contributed by atoms with van der Waals surface area (Å²) in [6.07, 6.45) is -3.63. The fourth-order valence-corrected chi connectivity index (χ4v) is 1.32. The molecule has 1 saturated carbocycles. The number of carboxylic acids is 1. The molecule has 1 fully saturated rings. The Morgan fingerprint density at radius 3 is 2.35 bits per heavy atom. The fraction of sp³-hybridized carbons (Fsp3) is 0.778. The van der Waals surface area contributed by atoms with E-state index in [0.29, 0.717) is 17.7 Å². The van der Waals surface area contributed by atoms with Crippen LogP contribution in [0.25, 0.3) is 0 Å². The summed E-state index contributed by atoms with van der Waals surface area (Å²) in [5.41, 5.74) is 0. The van der Waals surface area contributed by atoms with Crippen LogP contribution in [0.2, 0.25) is 0 Å². The molecule has 0 heterocycles. The molecular weight excluding hydrogens is 241 g/mol. The predicted molar refractivity (Wildman–Crippen MR) is 51.4 cm³/mol. The number of carboxylic acid groups (broad SMARTS) is 1. The zero-order valence-electron chi connectivity index (χ0n) is 8.96. The minimum atomic E-state index is -4.44. The van der Waals surface area contributed by atoms with E-state index in [0.717, 1.165) is 0 Å². The second-order valence-corrected chi connectivity index (χ2v) is 3.85. The lowest BCUT2D eigenvalue weighted by atomic mass is 10.4. The van der Waals surface area contributed by atoms with Gasteiger partial charge in [0, 0.05) is 12.6 Å². The number of rotatable bonds is 5. The van der Waals surface area contributed by atoms with Crippen LogP contribution >= 0.6 is 0 Å². The number of urea groups is 1. The molecule has 0 saturated heterocycles. The van der Waals surface area contributed by atoms with Crippen molar-refractivity contribution in [3.05, 3.63) is 0 Å². The summed E-state index contributed by atoms with van der Waals surface area (Å²) in [6.45, 7) is -1.47. The molecule has 0 aliphatic heterocycles. The van der Waals surface area contributed by atoms with Crippen molar-refractivity contribution in [1.82, 2.24) is 10.2 Å². The maximum Gasteiger partial charge on any atom is 0.406 e. The summed E-state index contributed by atoms with van der Waals surface area (Å²) in [7, 11) is 0. The third kappa shape index (κ3) is 5.41. The monoisotopic (exact) mass is 254 g/mol. The summed E-state index contributed by atoms with van der Waals surface area (Å²) < 4.78 is 36.6. The first-order valence-corrected chi connectivity index (χ1v) is 5.12. The molecule has 0 aromatic heterocycles. The minimum Gasteiger partial charge on any atom is -0.481 e. The van der Waals surface area contributed by atoms with Crippen molar-refractivity contribution in [3.63, 3.8) is 0 Å². The third-order valence-electron chi connectivity index (χ3n) is 2.21. The molecule has 0 radical (unpaired) electrons. The number of nitrogens with zero attached hydrogens (tertiary/aromatic N) is 1. The van der Waals surface area contributed by atoms with E-state index < -0.39 is 24.7 Å². The van der Waals surface area contributed by atoms with Crippen LogP contribution in [0.4, 0.5) is 18.0 Å². The quantitative estimate of drug-likeness (QED) is 0.774. The third-order valence-corrected chi connectivity index (χ3v) is 2.21. The van der Waals surface area contributed by atoms with Crippen LogP contribution in [0, 0.1) is 0 Å². The van der Waals surface area contributed by atoms with Crippen molar-refractivity contribution in [1.29, 1.82) is 0 Å². The molecule has 1 rings (SSSR count). The normalized spacial score (nSPS) is 15.5. The van der Waals surface area contributed by atoms with Gasteiger partial charge < -0.3 is 15.3 Å². The van der Waals surface area contributed by atoms with Crippen molar-refractivity contribution in [2.45, 2.75) is 31.5 Å². The Bertz CT molecular complexity index is 302. The number of nitrogens with one attached hydrogen (secondary N) is 1. The maximum absolute atomic E-state index is 12.2. The van der Waals surface area contributed by atoms with Crippen molar-refractivity contribution in [2.24, 2.45) is 0 Å². The van der Waals surface area contributed by atoms with Gasteiger partial charge in [0.25, 0.3) is 0 Å². The lowest BCUT2D eigenvalue weighted by Gasteiger charge is -2.23. The average Bonchev–Trinajstić information content (AvgIpc) is 2.95. The Balaban J connectivity index is 2.41. The van der Waals surface area contributed by atoms with Gasteiger partial charge in [-0.1, -0.05) is 0 Å². The smallest absolute Gasteiger partial charge is 0.406 e. The molecule has 0 unspecified atom stereocenters. The molecule has 1 aliphatic rings. The number of halogens is 3. The molecule has 5 nitrogen and oxygen atoms in total. The van der Waals surface area contributed by atoms with Crippen LogP contribution in [0.1, 0.15) is 19.3 Å². The first kappa shape index (κ1) is 13.6. The van der Waals surface area contributed by atoms with Gasteiger partial charge in [0.2, 0.25) is 0 Å². The van der Waals surface area contributed by atoms with E-state index in [1.165, 1.54) is 0 Å². The number of carbonyl (C=O) groups is 2. The van der Waals surface area contributed by atoms with E-state index >= 15 is 0 Å². The molecule has 2 N–H and O–H groups in total. The highest BCUT2D eigenvalue weighted by molar-refractivity contribution is 5.76. The van der Waals surface area contributed by atoms with E-state index in [2.05, 4.69) is 5.32 Å². The van der Waals surface area contributed by atoms with Gasteiger partial charge in [-0.2, -0.15) is 13.2 Å². The average molecular weight is 254 g/mol. The van der Waals surface area contributed by atoms with Crippen LogP contribution in [-0.4, -0.2) is 47.3 Å². The highest BCUT2D eigenvalue weighted by Crippen LogP contribution is 2.29. The zero-order valence-corrected chi connectivity index (χ0v) is 8.96. The fourth-order valence-electron chi connectivity index (χ4n) is 1.32. The van der Waals surface area contributed by atoms with E-state index in [1.807, 2.05) is 0 Å². The summed E-state index contributed by atoms with van der Waals surface area (Å²) in [4.78, 5) is 22.3. The lowest BCUT2D eigenvalue weighted by Crippen LogP contribution is -2.46. The van der Waals surface area contributed by atoms with Crippen molar-refractivity contribution >= 4 is 12.0 Å². The second-order valence-electron chi connectivity index (χ2n) is 3.85. The maximum atomic E-state index is 12.2. The Morgan fingerprint density at radius 2 is 1.94 bits per heavy atom. The topological polar surface area (TPSA) is 69.6 Å². The summed E-state index contributed by atoms with van der Waals surface area (Å²) in [6, 6.07) is -1.23. The number of hydrogen-bond acceptors (Lipinski definition) is 2. The molecule has 0 aromatic rings. The van der Waals surface area contributed by atoms with Gasteiger partial charge >= 0.3 is 18.2 Å². The molecular formula is C9H13F3N2O3. The molecule has 1 aliphatic carbocycles. The standard InChI is InChI=1S/C9H13F3N2O3/c10-9(11,12)5-14(6-1-2-6)8(17)13-4-3-7(15)16/h6H,1-5H2,(H,13,17)(H,15,16). The first-order chi connectivity index (χ1) is 7.79. The van der Waals surface area contributed by atoms with Gasteiger partial charge in [0.1, 0.15) is 6.54 Å². The SMILES string of the molecule is O=C(O)CCNC(=O)N(CC(F)(F)F)C1CC1. The molecule has 0 spiro atoms. The van der Waals surface area contributed by atoms with Crippen molar-refractivity contribution < 1.29 is 27.9 Å². The number of alkyl halides is 3. The van der Waals surface area contributed by atoms with E-state index in [4.69, 9.17) is 5.11 Å². The number of amides is 2. The molecule has 98 valence electrons. The summed E-state index contributed by atoms with van der Waals surface area (Å²) >= 11 is 0. The summed E-state index contributed by atoms with van der Waals surface area (Å²) in [5.74, 6) is -1.11. The highest BCUT2D eigenvalue weighted by atomic mass is 19.4. The number of hydrogen-bond donors (Lipinski definition) is 2. The number of carbonyl (C=O) groups excluding carboxylic acids is 1. The van der Waals surface area contributed by atoms with Crippen LogP contribution in [-0.2, 0) is 4.79 Å². The van der Waals surface area contributed by atoms with Gasteiger partial charge in [-0.25, -0.2) is 4.79 Å². The Kier molecular flexibility index (Phi) is 4.19. The van der Waals surface area contributed by atoms with E-state index in [-0.39, 0.29) is 19.0 Å². The Hall–Kier alpha value is -1.47. The Labute approximate surface area is 95.6 Å². The van der Waals surface area contributed by atoms with Crippen molar-refractivity contribution in [3.8, 4) is 0 Å². The predicted octanol–water partition coefficient (Wildman–Crippen LogP) is 1.20. The molecule has 8 heteroatoms. The Morgan fingerprint density at radius 1 is 1.35 bits per heavy atom. The number of aliphatic carboxylic acids is 1. The molecule has 0 bridgehead atoms. The molecule has 0 aromatic carbocycles. The zero-order chi connectivity index (χ0) is 13.1. The van der Waals surface area contributed by atoms with E-state index in [9.17, 15) is 22.8 Å². The highest BCUT2D eigenvalue weighted by Gasteiger charge is 2.40. The van der Waals surface area contributed by atoms with Crippen LogP contribution < -0.4 is 5.32 Å². The van der Waals surface area contributed by atoms with Crippen LogP contribution in [0.3, 0.4) is 0 Å². The van der Waals surface area contributed by atoms with Gasteiger partial charge in [0.05, 0.1) is 6.42 Å². The summed E-state index contributed by atoms with van der Waals surface area (Å²) in [5, 5.41) is 10.5. The van der Waals surface area contributed by atoms with Crippen LogP contribution in [0.5, 0.6) is 0 Å². The first-order valence-electron chi connectivity index (χ1n) is 5.12. The van der Waals surface area contributed by atoms with Crippen LogP contribution in [0.15, 0.2) is 0 Å². The molecule has 2 amide bonds. The minimum absolute atomic E-state index is 0.171. The van der Waals surface area contributed by atoms with Gasteiger partial charge in [0.15, 0.2) is 0 Å². The largest absolute Gasteiger partial charge is 0.481 e.